The molecule has 2 heterocycles. The van der Waals surface area contributed by atoms with Gasteiger partial charge in [0.15, 0.2) is 0 Å². The molecule has 1 amide bonds. The number of hydrogen-bond donors (Lipinski definition) is 1. The quantitative estimate of drug-likeness (QED) is 0.800. The summed E-state index contributed by atoms with van der Waals surface area (Å²) in [7, 11) is 0. The number of rotatable bonds is 4. The van der Waals surface area contributed by atoms with Crippen molar-refractivity contribution >= 4 is 11.6 Å². The van der Waals surface area contributed by atoms with Crippen LogP contribution < -0.4 is 10.9 Å². The normalized spacial score (nSPS) is 10.4. The SMILES string of the molecule is Cc1ccc(Cn2cccc(NC(=O)c3cnccn3)c2=O)cc1. The van der Waals surface area contributed by atoms with Gasteiger partial charge in [-0.05, 0) is 24.6 Å². The van der Waals surface area contributed by atoms with Gasteiger partial charge < -0.3 is 9.88 Å². The van der Waals surface area contributed by atoms with Gasteiger partial charge in [0.1, 0.15) is 11.4 Å². The molecule has 0 bridgehead atoms. The lowest BCUT2D eigenvalue weighted by atomic mass is 10.1. The van der Waals surface area contributed by atoms with Crippen LogP contribution in [0.3, 0.4) is 0 Å². The van der Waals surface area contributed by atoms with E-state index in [4.69, 9.17) is 0 Å². The fourth-order valence-electron chi connectivity index (χ4n) is 2.25. The first-order valence-corrected chi connectivity index (χ1v) is 7.46. The Morgan fingerprint density at radius 3 is 2.67 bits per heavy atom. The lowest BCUT2D eigenvalue weighted by Crippen LogP contribution is -2.26. The third kappa shape index (κ3) is 3.55. The molecule has 6 heteroatoms. The van der Waals surface area contributed by atoms with Crippen LogP contribution in [-0.4, -0.2) is 20.4 Å². The summed E-state index contributed by atoms with van der Waals surface area (Å²) in [6, 6.07) is 11.3. The van der Waals surface area contributed by atoms with E-state index >= 15 is 0 Å². The van der Waals surface area contributed by atoms with Gasteiger partial charge in [-0.25, -0.2) is 4.98 Å². The Morgan fingerprint density at radius 1 is 1.17 bits per heavy atom. The van der Waals surface area contributed by atoms with Gasteiger partial charge in [0.25, 0.3) is 11.5 Å². The van der Waals surface area contributed by atoms with Crippen molar-refractivity contribution in [3.8, 4) is 0 Å². The molecule has 0 saturated carbocycles. The van der Waals surface area contributed by atoms with Crippen LogP contribution in [0.4, 0.5) is 5.69 Å². The summed E-state index contributed by atoms with van der Waals surface area (Å²) >= 11 is 0. The molecule has 120 valence electrons. The van der Waals surface area contributed by atoms with E-state index in [1.165, 1.54) is 18.6 Å². The van der Waals surface area contributed by atoms with Crippen molar-refractivity contribution < 1.29 is 4.79 Å². The summed E-state index contributed by atoms with van der Waals surface area (Å²) in [6.45, 7) is 2.45. The minimum Gasteiger partial charge on any atom is -0.316 e. The number of carbonyl (C=O) groups excluding carboxylic acids is 1. The lowest BCUT2D eigenvalue weighted by molar-refractivity contribution is 0.102. The van der Waals surface area contributed by atoms with E-state index in [0.717, 1.165) is 11.1 Å². The van der Waals surface area contributed by atoms with Gasteiger partial charge in [-0.2, -0.15) is 0 Å². The zero-order valence-electron chi connectivity index (χ0n) is 13.1. The first kappa shape index (κ1) is 15.6. The molecule has 24 heavy (non-hydrogen) atoms. The second kappa shape index (κ2) is 6.87. The topological polar surface area (TPSA) is 76.9 Å². The van der Waals surface area contributed by atoms with Gasteiger partial charge in [0, 0.05) is 18.6 Å². The van der Waals surface area contributed by atoms with Crippen LogP contribution in [-0.2, 0) is 6.54 Å². The highest BCUT2D eigenvalue weighted by Crippen LogP contribution is 2.06. The highest BCUT2D eigenvalue weighted by molar-refractivity contribution is 6.02. The molecular formula is C18H16N4O2. The molecule has 3 rings (SSSR count). The van der Waals surface area contributed by atoms with Gasteiger partial charge in [0.2, 0.25) is 0 Å². The largest absolute Gasteiger partial charge is 0.316 e. The molecule has 0 aliphatic carbocycles. The minimum absolute atomic E-state index is 0.158. The molecule has 0 unspecified atom stereocenters. The highest BCUT2D eigenvalue weighted by Gasteiger charge is 2.11. The Labute approximate surface area is 138 Å². The van der Waals surface area contributed by atoms with E-state index in [0.29, 0.717) is 6.54 Å². The summed E-state index contributed by atoms with van der Waals surface area (Å²) in [4.78, 5) is 32.4. The van der Waals surface area contributed by atoms with Crippen LogP contribution in [0.1, 0.15) is 21.6 Å². The maximum atomic E-state index is 12.5. The summed E-state index contributed by atoms with van der Waals surface area (Å²) in [5, 5.41) is 2.59. The van der Waals surface area contributed by atoms with Crippen molar-refractivity contribution in [3.63, 3.8) is 0 Å². The van der Waals surface area contributed by atoms with Gasteiger partial charge in [-0.3, -0.25) is 14.6 Å². The molecule has 2 aromatic heterocycles. The Bertz CT molecular complexity index is 902. The number of amides is 1. The van der Waals surface area contributed by atoms with Crippen molar-refractivity contribution in [1.29, 1.82) is 0 Å². The van der Waals surface area contributed by atoms with Crippen molar-refractivity contribution in [2.75, 3.05) is 5.32 Å². The molecule has 1 aromatic carbocycles. The molecule has 6 nitrogen and oxygen atoms in total. The number of anilines is 1. The molecular weight excluding hydrogens is 304 g/mol. The fourth-order valence-corrected chi connectivity index (χ4v) is 2.25. The van der Waals surface area contributed by atoms with Gasteiger partial charge in [-0.1, -0.05) is 29.8 Å². The summed E-state index contributed by atoms with van der Waals surface area (Å²) in [5.41, 5.74) is 2.28. The maximum Gasteiger partial charge on any atom is 0.276 e. The Kier molecular flexibility index (Phi) is 4.47. The molecule has 0 radical (unpaired) electrons. The number of carbonyl (C=O) groups is 1. The Morgan fingerprint density at radius 2 is 1.96 bits per heavy atom. The molecule has 0 saturated heterocycles. The van der Waals surface area contributed by atoms with Crippen molar-refractivity contribution in [2.24, 2.45) is 0 Å². The zero-order valence-corrected chi connectivity index (χ0v) is 13.1. The van der Waals surface area contributed by atoms with E-state index in [9.17, 15) is 9.59 Å². The molecule has 1 N–H and O–H groups in total. The molecule has 0 fully saturated rings. The third-order valence-corrected chi connectivity index (χ3v) is 3.54. The predicted octanol–water partition coefficient (Wildman–Crippen LogP) is 2.25. The number of nitrogens with one attached hydrogen (secondary N) is 1. The van der Waals surface area contributed by atoms with Crippen molar-refractivity contribution in [1.82, 2.24) is 14.5 Å². The van der Waals surface area contributed by atoms with Crippen LogP contribution in [0.15, 0.2) is 66.0 Å². The number of pyridine rings is 1. The van der Waals surface area contributed by atoms with Crippen LogP contribution in [0, 0.1) is 6.92 Å². The van der Waals surface area contributed by atoms with E-state index in [-0.39, 0.29) is 16.9 Å². The van der Waals surface area contributed by atoms with Crippen LogP contribution in [0.25, 0.3) is 0 Å². The summed E-state index contributed by atoms with van der Waals surface area (Å²) < 4.78 is 1.55. The summed E-state index contributed by atoms with van der Waals surface area (Å²) in [5.74, 6) is -0.465. The van der Waals surface area contributed by atoms with Gasteiger partial charge in [-0.15, -0.1) is 0 Å². The zero-order chi connectivity index (χ0) is 16.9. The fraction of sp³-hybridized carbons (Fsp3) is 0.111. The molecule has 0 aliphatic heterocycles. The number of aryl methyl sites for hydroxylation is 1. The number of aromatic nitrogens is 3. The predicted molar refractivity (Wildman–Crippen MR) is 91.0 cm³/mol. The molecule has 0 atom stereocenters. The Hall–Kier alpha value is -3.28. The maximum absolute atomic E-state index is 12.5. The van der Waals surface area contributed by atoms with E-state index in [1.807, 2.05) is 31.2 Å². The van der Waals surface area contributed by atoms with Gasteiger partial charge >= 0.3 is 0 Å². The highest BCUT2D eigenvalue weighted by atomic mass is 16.2. The monoisotopic (exact) mass is 320 g/mol. The number of hydrogen-bond acceptors (Lipinski definition) is 4. The van der Waals surface area contributed by atoms with Crippen molar-refractivity contribution in [2.45, 2.75) is 13.5 Å². The first-order valence-electron chi connectivity index (χ1n) is 7.46. The van der Waals surface area contributed by atoms with Crippen LogP contribution in [0.2, 0.25) is 0 Å². The second-order valence-corrected chi connectivity index (χ2v) is 5.39. The minimum atomic E-state index is -0.465. The number of benzene rings is 1. The third-order valence-electron chi connectivity index (χ3n) is 3.54. The van der Waals surface area contributed by atoms with E-state index in [2.05, 4.69) is 15.3 Å². The second-order valence-electron chi connectivity index (χ2n) is 5.39. The number of nitrogens with zero attached hydrogens (tertiary/aromatic N) is 3. The average Bonchev–Trinajstić information content (AvgIpc) is 2.61. The van der Waals surface area contributed by atoms with E-state index < -0.39 is 5.91 Å². The van der Waals surface area contributed by atoms with Crippen molar-refractivity contribution in [3.05, 3.63) is 88.4 Å². The smallest absolute Gasteiger partial charge is 0.276 e. The van der Waals surface area contributed by atoms with Crippen LogP contribution >= 0.6 is 0 Å². The first-order chi connectivity index (χ1) is 11.6. The average molecular weight is 320 g/mol. The lowest BCUT2D eigenvalue weighted by Gasteiger charge is -2.09. The Balaban J connectivity index is 1.82. The van der Waals surface area contributed by atoms with Gasteiger partial charge in [0.05, 0.1) is 12.7 Å². The van der Waals surface area contributed by atoms with Crippen LogP contribution in [0.5, 0.6) is 0 Å². The molecule has 0 spiro atoms. The summed E-state index contributed by atoms with van der Waals surface area (Å²) in [6.07, 6.45) is 5.95. The standard InChI is InChI=1S/C18H16N4O2/c1-13-4-6-14(7-5-13)12-22-10-2-3-15(18(22)24)21-17(23)16-11-19-8-9-20-16/h2-11H,12H2,1H3,(H,21,23). The molecule has 0 aliphatic rings. The van der Waals surface area contributed by atoms with E-state index in [1.54, 1.807) is 22.9 Å². The molecule has 3 aromatic rings.